The molecule has 1 atom stereocenters. The number of hydrogen-bond donors (Lipinski definition) is 0. The van der Waals surface area contributed by atoms with Gasteiger partial charge in [0.15, 0.2) is 6.10 Å². The van der Waals surface area contributed by atoms with Crippen molar-refractivity contribution in [1.29, 1.82) is 0 Å². The van der Waals surface area contributed by atoms with Crippen molar-refractivity contribution in [2.24, 2.45) is 0 Å². The van der Waals surface area contributed by atoms with Crippen LogP contribution in [0, 0.1) is 0 Å². The van der Waals surface area contributed by atoms with E-state index in [1.165, 1.54) is 167 Å². The smallest absolute Gasteiger partial charge is 0.306 e. The van der Waals surface area contributed by atoms with Crippen molar-refractivity contribution in [2.75, 3.05) is 13.2 Å². The third-order valence-corrected chi connectivity index (χ3v) is 15.0. The Labute approximate surface area is 508 Å². The highest BCUT2D eigenvalue weighted by atomic mass is 16.6. The van der Waals surface area contributed by atoms with Gasteiger partial charge in [-0.2, -0.15) is 0 Å². The molecular weight excluding hydrogens is 1010 g/mol. The van der Waals surface area contributed by atoms with E-state index in [-0.39, 0.29) is 31.1 Å². The first-order valence-electron chi connectivity index (χ1n) is 34.9. The fraction of sp³-hybridized carbons (Fsp3) is 0.724. The second kappa shape index (κ2) is 69.6. The van der Waals surface area contributed by atoms with Crippen LogP contribution in [0.5, 0.6) is 0 Å². The van der Waals surface area contributed by atoms with Crippen LogP contribution >= 0.6 is 0 Å². The molecule has 82 heavy (non-hydrogen) atoms. The van der Waals surface area contributed by atoms with E-state index < -0.39 is 6.10 Å². The van der Waals surface area contributed by atoms with Crippen LogP contribution in [0.25, 0.3) is 0 Å². The molecule has 0 aliphatic heterocycles. The monoisotopic (exact) mass is 1140 g/mol. The Morgan fingerprint density at radius 1 is 0.256 bits per heavy atom. The highest BCUT2D eigenvalue weighted by Gasteiger charge is 2.19. The van der Waals surface area contributed by atoms with Crippen LogP contribution in [-0.2, 0) is 28.6 Å². The first-order valence-corrected chi connectivity index (χ1v) is 34.9. The Hall–Kier alpha value is -3.93. The van der Waals surface area contributed by atoms with Gasteiger partial charge in [-0.15, -0.1) is 0 Å². The zero-order chi connectivity index (χ0) is 59.2. The highest BCUT2D eigenvalue weighted by Crippen LogP contribution is 2.17. The summed E-state index contributed by atoms with van der Waals surface area (Å²) in [7, 11) is 0. The molecule has 0 aliphatic carbocycles. The number of carbonyl (C=O) groups is 3. The standard InChI is InChI=1S/C76H130O6/c1-4-7-10-13-16-19-22-25-28-31-33-35-36-37-38-39-40-42-43-45-48-51-54-57-60-63-66-69-75(78)81-72-73(71-80-74(77)68-65-62-59-56-53-50-47-30-27-24-21-18-15-12-9-6-3)82-76(79)70-67-64-61-58-55-52-49-46-44-41-34-32-29-26-23-20-17-14-11-8-5-2/h7,10,16,19,23,25-26,28,32-35,37-38,40,42,45,48,73H,4-6,8-9,11-15,17-18,20-22,24,27,29-31,36,39,41,43-44,46-47,49-72H2,1-3H3/b10-7-,19-16-,26-23-,28-25-,34-32-,35-33-,38-37-,42-40-,48-45-. The number of allylic oxidation sites excluding steroid dienone is 18. The number of unbranched alkanes of at least 4 members (excludes halogenated alkanes) is 34. The molecule has 0 heterocycles. The molecule has 0 aromatic rings. The predicted molar refractivity (Wildman–Crippen MR) is 357 cm³/mol. The first-order chi connectivity index (χ1) is 40.5. The van der Waals surface area contributed by atoms with E-state index in [9.17, 15) is 14.4 Å². The van der Waals surface area contributed by atoms with E-state index in [0.29, 0.717) is 19.3 Å². The third kappa shape index (κ3) is 66.9. The van der Waals surface area contributed by atoms with Crippen LogP contribution in [0.3, 0.4) is 0 Å². The molecule has 0 amide bonds. The van der Waals surface area contributed by atoms with E-state index in [2.05, 4.69) is 130 Å². The van der Waals surface area contributed by atoms with Crippen molar-refractivity contribution in [3.8, 4) is 0 Å². The second-order valence-corrected chi connectivity index (χ2v) is 23.1. The topological polar surface area (TPSA) is 78.9 Å². The Morgan fingerprint density at radius 2 is 0.476 bits per heavy atom. The van der Waals surface area contributed by atoms with Gasteiger partial charge in [0.05, 0.1) is 0 Å². The number of hydrogen-bond acceptors (Lipinski definition) is 6. The van der Waals surface area contributed by atoms with Gasteiger partial charge in [0.2, 0.25) is 0 Å². The zero-order valence-corrected chi connectivity index (χ0v) is 54.0. The van der Waals surface area contributed by atoms with E-state index in [1.807, 2.05) is 0 Å². The largest absolute Gasteiger partial charge is 0.462 e. The lowest BCUT2D eigenvalue weighted by molar-refractivity contribution is -0.167. The van der Waals surface area contributed by atoms with Crippen LogP contribution in [0.4, 0.5) is 0 Å². The maximum atomic E-state index is 13.0. The van der Waals surface area contributed by atoms with Gasteiger partial charge in [-0.05, 0) is 109 Å². The van der Waals surface area contributed by atoms with Gasteiger partial charge in [-0.1, -0.05) is 316 Å². The summed E-state index contributed by atoms with van der Waals surface area (Å²) in [5.41, 5.74) is 0. The molecule has 0 bridgehead atoms. The molecule has 0 rings (SSSR count). The SMILES string of the molecule is CC/C=C\C/C=C\C/C=C\C/C=C\C/C=C\C/C=C\C/C=C\CCCCCCCC(=O)OCC(COC(=O)CCCCCCCCCCCCCCCCCC)OC(=O)CCCCCCCCCCC/C=C\C/C=C\CCCCCCC. The summed E-state index contributed by atoms with van der Waals surface area (Å²) in [5.74, 6) is -0.894. The molecule has 0 aliphatic rings. The number of ether oxygens (including phenoxy) is 3. The quantitative estimate of drug-likeness (QED) is 0.0261. The minimum atomic E-state index is -0.791. The van der Waals surface area contributed by atoms with Crippen molar-refractivity contribution in [1.82, 2.24) is 0 Å². The van der Waals surface area contributed by atoms with Crippen LogP contribution < -0.4 is 0 Å². The van der Waals surface area contributed by atoms with Crippen LogP contribution in [0.1, 0.15) is 335 Å². The molecule has 0 spiro atoms. The van der Waals surface area contributed by atoms with Crippen molar-refractivity contribution in [3.05, 3.63) is 109 Å². The van der Waals surface area contributed by atoms with E-state index >= 15 is 0 Å². The molecule has 6 nitrogen and oxygen atoms in total. The molecule has 470 valence electrons. The summed E-state index contributed by atoms with van der Waals surface area (Å²) in [5, 5.41) is 0. The van der Waals surface area contributed by atoms with Gasteiger partial charge in [0.1, 0.15) is 13.2 Å². The van der Waals surface area contributed by atoms with Crippen LogP contribution in [-0.4, -0.2) is 37.2 Å². The minimum Gasteiger partial charge on any atom is -0.462 e. The van der Waals surface area contributed by atoms with Gasteiger partial charge in [-0.3, -0.25) is 14.4 Å². The molecule has 6 heteroatoms. The molecule has 0 saturated heterocycles. The average molecular weight is 1140 g/mol. The molecule has 0 N–H and O–H groups in total. The minimum absolute atomic E-state index is 0.0838. The van der Waals surface area contributed by atoms with Crippen molar-refractivity contribution in [2.45, 2.75) is 341 Å². The van der Waals surface area contributed by atoms with Gasteiger partial charge >= 0.3 is 17.9 Å². The summed E-state index contributed by atoms with van der Waals surface area (Å²) in [6, 6.07) is 0. The lowest BCUT2D eigenvalue weighted by Crippen LogP contribution is -2.30. The third-order valence-electron chi connectivity index (χ3n) is 15.0. The summed E-state index contributed by atoms with van der Waals surface area (Å²) in [6.07, 6.45) is 95.2. The van der Waals surface area contributed by atoms with E-state index in [1.54, 1.807) is 0 Å². The lowest BCUT2D eigenvalue weighted by Gasteiger charge is -2.18. The maximum Gasteiger partial charge on any atom is 0.306 e. The van der Waals surface area contributed by atoms with Crippen LogP contribution in [0.2, 0.25) is 0 Å². The molecule has 0 radical (unpaired) electrons. The number of carbonyl (C=O) groups excluding carboxylic acids is 3. The Morgan fingerprint density at radius 3 is 0.744 bits per heavy atom. The number of esters is 3. The fourth-order valence-corrected chi connectivity index (χ4v) is 9.81. The Kier molecular flexibility index (Phi) is 66.2. The van der Waals surface area contributed by atoms with E-state index in [0.717, 1.165) is 128 Å². The molecule has 0 aromatic heterocycles. The lowest BCUT2D eigenvalue weighted by atomic mass is 10.0. The molecule has 0 fully saturated rings. The molecular formula is C76H130O6. The van der Waals surface area contributed by atoms with Gasteiger partial charge in [0, 0.05) is 19.3 Å². The van der Waals surface area contributed by atoms with Gasteiger partial charge in [-0.25, -0.2) is 0 Å². The normalized spacial score (nSPS) is 12.8. The molecule has 1 unspecified atom stereocenters. The summed E-state index contributed by atoms with van der Waals surface area (Å²) in [6.45, 7) is 6.54. The maximum absolute atomic E-state index is 13.0. The van der Waals surface area contributed by atoms with Crippen molar-refractivity contribution in [3.63, 3.8) is 0 Å². The Balaban J connectivity index is 4.41. The summed E-state index contributed by atoms with van der Waals surface area (Å²) in [4.78, 5) is 38.5. The second-order valence-electron chi connectivity index (χ2n) is 23.1. The average Bonchev–Trinajstić information content (AvgIpc) is 3.47. The van der Waals surface area contributed by atoms with E-state index in [4.69, 9.17) is 14.2 Å². The molecule has 0 saturated carbocycles. The van der Waals surface area contributed by atoms with Crippen LogP contribution in [0.15, 0.2) is 109 Å². The number of rotatable bonds is 63. The molecule has 0 aromatic carbocycles. The first kappa shape index (κ1) is 78.1. The highest BCUT2D eigenvalue weighted by molar-refractivity contribution is 5.71. The summed E-state index contributed by atoms with van der Waals surface area (Å²) >= 11 is 0. The zero-order valence-electron chi connectivity index (χ0n) is 54.0. The van der Waals surface area contributed by atoms with Crippen molar-refractivity contribution >= 4 is 17.9 Å². The van der Waals surface area contributed by atoms with Gasteiger partial charge < -0.3 is 14.2 Å². The predicted octanol–water partition coefficient (Wildman–Crippen LogP) is 24.2. The Bertz CT molecular complexity index is 1640. The summed E-state index contributed by atoms with van der Waals surface area (Å²) < 4.78 is 17.0. The van der Waals surface area contributed by atoms with Gasteiger partial charge in [0.25, 0.3) is 0 Å². The fourth-order valence-electron chi connectivity index (χ4n) is 9.81. The van der Waals surface area contributed by atoms with Crippen molar-refractivity contribution < 1.29 is 28.6 Å².